The number of benzene rings is 1. The SMILES string of the molecule is c1cnc2c(CNc3ncns3)cccc2c1. The molecule has 0 aliphatic heterocycles. The zero-order chi connectivity index (χ0) is 11.5. The molecule has 0 bridgehead atoms. The third kappa shape index (κ3) is 2.09. The number of hydrogen-bond acceptors (Lipinski definition) is 5. The van der Waals surface area contributed by atoms with Crippen LogP contribution in [0.3, 0.4) is 0 Å². The Morgan fingerprint density at radius 3 is 2.94 bits per heavy atom. The summed E-state index contributed by atoms with van der Waals surface area (Å²) in [4.78, 5) is 8.50. The predicted octanol–water partition coefficient (Wildman–Crippen LogP) is 2.70. The van der Waals surface area contributed by atoms with Crippen molar-refractivity contribution in [2.75, 3.05) is 5.32 Å². The minimum absolute atomic E-state index is 0.712. The highest BCUT2D eigenvalue weighted by Crippen LogP contribution is 2.17. The summed E-state index contributed by atoms with van der Waals surface area (Å²) in [5, 5.41) is 5.23. The van der Waals surface area contributed by atoms with Gasteiger partial charge in [-0.25, -0.2) is 4.98 Å². The van der Waals surface area contributed by atoms with Crippen molar-refractivity contribution in [3.05, 3.63) is 48.4 Å². The standard InChI is InChI=1S/C12H10N4S/c1-3-9-5-2-6-13-11(9)10(4-1)7-14-12-15-8-16-17-12/h1-6,8H,7H2,(H,14,15,16). The molecule has 0 unspecified atom stereocenters. The van der Waals surface area contributed by atoms with Crippen LogP contribution in [0.4, 0.5) is 5.13 Å². The quantitative estimate of drug-likeness (QED) is 0.767. The maximum atomic E-state index is 4.41. The van der Waals surface area contributed by atoms with Gasteiger partial charge in [-0.05, 0) is 11.6 Å². The molecule has 0 saturated heterocycles. The molecule has 0 fully saturated rings. The molecule has 0 amide bonds. The summed E-state index contributed by atoms with van der Waals surface area (Å²) in [7, 11) is 0. The molecule has 0 radical (unpaired) electrons. The number of nitrogens with zero attached hydrogens (tertiary/aromatic N) is 3. The molecule has 0 spiro atoms. The smallest absolute Gasteiger partial charge is 0.202 e. The molecular formula is C12H10N4S. The van der Waals surface area contributed by atoms with Gasteiger partial charge in [-0.15, -0.1) is 0 Å². The zero-order valence-electron chi connectivity index (χ0n) is 9.00. The number of hydrogen-bond donors (Lipinski definition) is 1. The molecule has 4 nitrogen and oxygen atoms in total. The van der Waals surface area contributed by atoms with E-state index in [1.54, 1.807) is 6.33 Å². The Labute approximate surface area is 103 Å². The van der Waals surface area contributed by atoms with Gasteiger partial charge in [0.05, 0.1) is 5.52 Å². The average Bonchev–Trinajstić information content (AvgIpc) is 2.89. The van der Waals surface area contributed by atoms with Crippen LogP contribution in [-0.4, -0.2) is 14.3 Å². The molecule has 2 aromatic heterocycles. The zero-order valence-corrected chi connectivity index (χ0v) is 9.81. The number of aromatic nitrogens is 3. The van der Waals surface area contributed by atoms with Gasteiger partial charge in [0.15, 0.2) is 0 Å². The molecule has 5 heteroatoms. The summed E-state index contributed by atoms with van der Waals surface area (Å²) < 4.78 is 3.95. The van der Waals surface area contributed by atoms with Crippen molar-refractivity contribution in [1.82, 2.24) is 14.3 Å². The lowest BCUT2D eigenvalue weighted by Gasteiger charge is -2.05. The molecule has 0 atom stereocenters. The first kappa shape index (κ1) is 10.2. The summed E-state index contributed by atoms with van der Waals surface area (Å²) in [6.45, 7) is 0.712. The second kappa shape index (κ2) is 4.47. The van der Waals surface area contributed by atoms with Gasteiger partial charge in [0.1, 0.15) is 6.33 Å². The second-order valence-corrected chi connectivity index (χ2v) is 4.37. The van der Waals surface area contributed by atoms with E-state index >= 15 is 0 Å². The molecule has 2 heterocycles. The van der Waals surface area contributed by atoms with Gasteiger partial charge in [0.2, 0.25) is 5.13 Å². The van der Waals surface area contributed by atoms with Crippen LogP contribution in [0.1, 0.15) is 5.56 Å². The maximum Gasteiger partial charge on any atom is 0.202 e. The van der Waals surface area contributed by atoms with E-state index in [0.717, 1.165) is 16.0 Å². The number of pyridine rings is 1. The lowest BCUT2D eigenvalue weighted by molar-refractivity contribution is 1.14. The van der Waals surface area contributed by atoms with Gasteiger partial charge in [-0.3, -0.25) is 4.98 Å². The molecule has 84 valence electrons. The van der Waals surface area contributed by atoms with Crippen LogP contribution >= 0.6 is 11.5 Å². The average molecular weight is 242 g/mol. The van der Waals surface area contributed by atoms with Gasteiger partial charge in [-0.1, -0.05) is 24.3 Å². The minimum Gasteiger partial charge on any atom is -0.356 e. The Bertz CT molecular complexity index is 616. The lowest BCUT2D eigenvalue weighted by atomic mass is 10.1. The van der Waals surface area contributed by atoms with E-state index in [9.17, 15) is 0 Å². The van der Waals surface area contributed by atoms with Gasteiger partial charge >= 0.3 is 0 Å². The summed E-state index contributed by atoms with van der Waals surface area (Å²) in [5.41, 5.74) is 2.20. The van der Waals surface area contributed by atoms with Crippen LogP contribution in [0.25, 0.3) is 10.9 Å². The van der Waals surface area contributed by atoms with E-state index in [0.29, 0.717) is 6.54 Å². The molecule has 0 aliphatic carbocycles. The predicted molar refractivity (Wildman–Crippen MR) is 69.0 cm³/mol. The van der Waals surface area contributed by atoms with Crippen LogP contribution < -0.4 is 5.32 Å². The molecular weight excluding hydrogens is 232 g/mol. The van der Waals surface area contributed by atoms with Crippen molar-refractivity contribution < 1.29 is 0 Å². The van der Waals surface area contributed by atoms with Crippen molar-refractivity contribution in [3.8, 4) is 0 Å². The Morgan fingerprint density at radius 1 is 1.12 bits per heavy atom. The van der Waals surface area contributed by atoms with Crippen molar-refractivity contribution >= 4 is 27.6 Å². The Balaban J connectivity index is 1.90. The third-order valence-corrected chi connectivity index (χ3v) is 3.13. The number of fused-ring (bicyclic) bond motifs is 1. The number of para-hydroxylation sites is 1. The number of nitrogens with one attached hydrogen (secondary N) is 1. The third-order valence-electron chi connectivity index (χ3n) is 2.51. The molecule has 1 aromatic carbocycles. The summed E-state index contributed by atoms with van der Waals surface area (Å²) in [5.74, 6) is 0. The van der Waals surface area contributed by atoms with Crippen LogP contribution in [-0.2, 0) is 6.54 Å². The maximum absolute atomic E-state index is 4.41. The van der Waals surface area contributed by atoms with Crippen molar-refractivity contribution in [1.29, 1.82) is 0 Å². The van der Waals surface area contributed by atoms with E-state index in [4.69, 9.17) is 0 Å². The normalized spacial score (nSPS) is 10.6. The lowest BCUT2D eigenvalue weighted by Crippen LogP contribution is -2.00. The highest BCUT2D eigenvalue weighted by Gasteiger charge is 2.02. The Hall–Kier alpha value is -2.01. The highest BCUT2D eigenvalue weighted by atomic mass is 32.1. The van der Waals surface area contributed by atoms with Crippen LogP contribution in [0.2, 0.25) is 0 Å². The second-order valence-electron chi connectivity index (χ2n) is 3.59. The van der Waals surface area contributed by atoms with Crippen molar-refractivity contribution in [2.45, 2.75) is 6.54 Å². The van der Waals surface area contributed by atoms with E-state index < -0.39 is 0 Å². The first-order valence-electron chi connectivity index (χ1n) is 5.26. The fourth-order valence-electron chi connectivity index (χ4n) is 1.73. The van der Waals surface area contributed by atoms with Crippen LogP contribution in [0, 0.1) is 0 Å². The van der Waals surface area contributed by atoms with Gasteiger partial charge in [0.25, 0.3) is 0 Å². The number of anilines is 1. The van der Waals surface area contributed by atoms with Crippen molar-refractivity contribution in [2.24, 2.45) is 0 Å². The van der Waals surface area contributed by atoms with Crippen LogP contribution in [0.15, 0.2) is 42.9 Å². The molecule has 0 aliphatic rings. The molecule has 17 heavy (non-hydrogen) atoms. The summed E-state index contributed by atoms with van der Waals surface area (Å²) in [6.07, 6.45) is 3.37. The van der Waals surface area contributed by atoms with Gasteiger partial charge in [-0.2, -0.15) is 4.37 Å². The largest absolute Gasteiger partial charge is 0.356 e. The first-order valence-corrected chi connectivity index (χ1v) is 6.04. The van der Waals surface area contributed by atoms with Gasteiger partial charge < -0.3 is 5.32 Å². The summed E-state index contributed by atoms with van der Waals surface area (Å²) >= 11 is 1.35. The minimum atomic E-state index is 0.712. The molecule has 3 aromatic rings. The van der Waals surface area contributed by atoms with E-state index in [2.05, 4.69) is 37.9 Å². The summed E-state index contributed by atoms with van der Waals surface area (Å²) in [6, 6.07) is 10.2. The van der Waals surface area contributed by atoms with Gasteiger partial charge in [0, 0.05) is 29.7 Å². The molecule has 0 saturated carbocycles. The number of rotatable bonds is 3. The monoisotopic (exact) mass is 242 g/mol. The van der Waals surface area contributed by atoms with Crippen LogP contribution in [0.5, 0.6) is 0 Å². The topological polar surface area (TPSA) is 50.7 Å². The molecule has 3 rings (SSSR count). The highest BCUT2D eigenvalue weighted by molar-refractivity contribution is 7.09. The fraction of sp³-hybridized carbons (Fsp3) is 0.0833. The van der Waals surface area contributed by atoms with Crippen molar-refractivity contribution in [3.63, 3.8) is 0 Å². The fourth-order valence-corrected chi connectivity index (χ4v) is 2.16. The van der Waals surface area contributed by atoms with E-state index in [1.807, 2.05) is 18.3 Å². The molecule has 1 N–H and O–H groups in total. The van der Waals surface area contributed by atoms with E-state index in [-0.39, 0.29) is 0 Å². The first-order chi connectivity index (χ1) is 8.43. The Morgan fingerprint density at radius 2 is 2.06 bits per heavy atom. The van der Waals surface area contributed by atoms with E-state index in [1.165, 1.54) is 17.1 Å². The Kier molecular flexibility index (Phi) is 2.67.